The molecule has 1 saturated heterocycles. The Balaban J connectivity index is 1.31. The third kappa shape index (κ3) is 4.04. The summed E-state index contributed by atoms with van der Waals surface area (Å²) in [5, 5.41) is 22.7. The van der Waals surface area contributed by atoms with Crippen molar-refractivity contribution >= 4 is 5.91 Å². The van der Waals surface area contributed by atoms with Gasteiger partial charge in [0.1, 0.15) is 5.70 Å². The number of hydrogen-bond acceptors (Lipinski definition) is 6. The molecule has 7 heteroatoms. The summed E-state index contributed by atoms with van der Waals surface area (Å²) in [5.41, 5.74) is 5.44. The summed E-state index contributed by atoms with van der Waals surface area (Å²) in [6, 6.07) is 10.8. The van der Waals surface area contributed by atoms with E-state index in [4.69, 9.17) is 0 Å². The Hall–Kier alpha value is -3.24. The van der Waals surface area contributed by atoms with Gasteiger partial charge in [0.05, 0.1) is 18.3 Å². The zero-order valence-electron chi connectivity index (χ0n) is 17.5. The highest BCUT2D eigenvalue weighted by atomic mass is 16.2. The summed E-state index contributed by atoms with van der Waals surface area (Å²) < 4.78 is 0. The van der Waals surface area contributed by atoms with E-state index in [1.165, 1.54) is 16.7 Å². The van der Waals surface area contributed by atoms with Crippen LogP contribution in [-0.2, 0) is 4.79 Å². The summed E-state index contributed by atoms with van der Waals surface area (Å²) in [4.78, 5) is 14.6. The fourth-order valence-electron chi connectivity index (χ4n) is 5.18. The molecule has 3 aliphatic heterocycles. The monoisotopic (exact) mass is 416 g/mol. The topological polar surface area (TPSA) is 92.2 Å². The third-order valence-corrected chi connectivity index (χ3v) is 6.77. The van der Waals surface area contributed by atoms with Gasteiger partial charge in [-0.1, -0.05) is 12.1 Å². The van der Waals surface area contributed by atoms with Gasteiger partial charge >= 0.3 is 0 Å². The molecule has 1 aromatic rings. The van der Waals surface area contributed by atoms with Crippen LogP contribution < -0.4 is 21.3 Å². The van der Waals surface area contributed by atoms with Crippen LogP contribution in [0.4, 0.5) is 0 Å². The number of nitrogens with zero attached hydrogens (tertiary/aromatic N) is 2. The van der Waals surface area contributed by atoms with Gasteiger partial charge in [-0.25, -0.2) is 0 Å². The molecule has 31 heavy (non-hydrogen) atoms. The molecule has 5 rings (SSSR count). The Morgan fingerprint density at radius 2 is 2.23 bits per heavy atom. The molecule has 4 aliphatic rings. The molecule has 1 amide bonds. The fourth-order valence-corrected chi connectivity index (χ4v) is 5.18. The molecule has 0 spiro atoms. The molecule has 1 aromatic carbocycles. The molecule has 1 aliphatic carbocycles. The minimum absolute atomic E-state index is 0.0753. The van der Waals surface area contributed by atoms with Gasteiger partial charge < -0.3 is 26.2 Å². The molecule has 0 radical (unpaired) electrons. The number of likely N-dealkylation sites (tertiary alicyclic amines) is 1. The summed E-state index contributed by atoms with van der Waals surface area (Å²) in [7, 11) is 0. The maximum absolute atomic E-state index is 12.7. The first-order chi connectivity index (χ1) is 15.2. The lowest BCUT2D eigenvalue weighted by Crippen LogP contribution is -2.46. The quantitative estimate of drug-likeness (QED) is 0.593. The second-order valence-electron chi connectivity index (χ2n) is 8.71. The van der Waals surface area contributed by atoms with Gasteiger partial charge in [-0.3, -0.25) is 4.79 Å². The highest BCUT2D eigenvalue weighted by Gasteiger charge is 2.34. The largest absolute Gasteiger partial charge is 0.387 e. The van der Waals surface area contributed by atoms with Crippen LogP contribution in [0, 0.1) is 11.3 Å². The van der Waals surface area contributed by atoms with Gasteiger partial charge in [0.2, 0.25) is 0 Å². The summed E-state index contributed by atoms with van der Waals surface area (Å²) in [6.45, 7) is 2.99. The Morgan fingerprint density at radius 3 is 3.06 bits per heavy atom. The van der Waals surface area contributed by atoms with E-state index in [-0.39, 0.29) is 18.0 Å². The SMILES string of the molecule is N#Cc1cccc(C2CC3=C(CNC=C3)C(NC3CCN(C(=O)C4=CNCN4)C3)C2)c1. The van der Waals surface area contributed by atoms with Crippen LogP contribution in [-0.4, -0.2) is 49.2 Å². The maximum Gasteiger partial charge on any atom is 0.271 e. The molecule has 160 valence electrons. The van der Waals surface area contributed by atoms with Crippen LogP contribution in [0.2, 0.25) is 0 Å². The molecule has 0 aromatic heterocycles. The van der Waals surface area contributed by atoms with Crippen molar-refractivity contribution in [3.63, 3.8) is 0 Å². The van der Waals surface area contributed by atoms with Gasteiger partial charge in [-0.15, -0.1) is 0 Å². The molecule has 0 bridgehead atoms. The molecule has 1 fully saturated rings. The average molecular weight is 417 g/mol. The van der Waals surface area contributed by atoms with Crippen LogP contribution in [0.5, 0.6) is 0 Å². The molecular weight excluding hydrogens is 388 g/mol. The minimum Gasteiger partial charge on any atom is -0.387 e. The standard InChI is InChI=1S/C24H28N6O/c25-11-16-2-1-3-17(8-16)19-9-18-4-6-26-12-21(18)22(10-19)29-20-5-7-30(14-20)24(31)23-13-27-15-28-23/h1-4,6,8,13,19-20,22,26-29H,5,7,9-10,12,14-15H2. The van der Waals surface area contributed by atoms with Gasteiger partial charge in [-0.2, -0.15) is 5.26 Å². The molecule has 3 unspecified atom stereocenters. The lowest BCUT2D eigenvalue weighted by Gasteiger charge is -2.37. The van der Waals surface area contributed by atoms with E-state index in [1.54, 1.807) is 6.20 Å². The van der Waals surface area contributed by atoms with E-state index in [0.29, 0.717) is 18.3 Å². The molecular formula is C24H28N6O. The molecule has 0 saturated carbocycles. The van der Waals surface area contributed by atoms with Gasteiger partial charge in [0.25, 0.3) is 5.91 Å². The van der Waals surface area contributed by atoms with E-state index < -0.39 is 0 Å². The van der Waals surface area contributed by atoms with E-state index in [2.05, 4.69) is 39.5 Å². The number of nitrogens with one attached hydrogen (secondary N) is 4. The van der Waals surface area contributed by atoms with Crippen molar-refractivity contribution in [1.29, 1.82) is 5.26 Å². The second kappa shape index (κ2) is 8.48. The first-order valence-electron chi connectivity index (χ1n) is 11.1. The van der Waals surface area contributed by atoms with Gasteiger partial charge in [-0.05, 0) is 66.3 Å². The Kier molecular flexibility index (Phi) is 5.39. The van der Waals surface area contributed by atoms with Crippen LogP contribution in [0.3, 0.4) is 0 Å². The predicted molar refractivity (Wildman–Crippen MR) is 118 cm³/mol. The fraction of sp³-hybridized carbons (Fsp3) is 0.417. The smallest absolute Gasteiger partial charge is 0.271 e. The van der Waals surface area contributed by atoms with Gasteiger partial charge in [0.15, 0.2) is 0 Å². The Morgan fingerprint density at radius 1 is 1.29 bits per heavy atom. The molecule has 3 heterocycles. The minimum atomic E-state index is 0.0753. The van der Waals surface area contributed by atoms with E-state index >= 15 is 0 Å². The highest BCUT2D eigenvalue weighted by Crippen LogP contribution is 2.38. The van der Waals surface area contributed by atoms with Crippen molar-refractivity contribution in [2.75, 3.05) is 26.3 Å². The van der Waals surface area contributed by atoms with Crippen LogP contribution in [0.25, 0.3) is 0 Å². The van der Waals surface area contributed by atoms with Crippen LogP contribution >= 0.6 is 0 Å². The second-order valence-corrected chi connectivity index (χ2v) is 8.71. The van der Waals surface area contributed by atoms with Crippen molar-refractivity contribution in [3.05, 3.63) is 70.7 Å². The van der Waals surface area contributed by atoms with E-state index in [9.17, 15) is 10.1 Å². The molecule has 4 N–H and O–H groups in total. The van der Waals surface area contributed by atoms with Crippen molar-refractivity contribution in [2.24, 2.45) is 0 Å². The average Bonchev–Trinajstić information content (AvgIpc) is 3.51. The Bertz CT molecular complexity index is 1000. The first kappa shape index (κ1) is 19.7. The normalized spacial score (nSPS) is 27.0. The predicted octanol–water partition coefficient (Wildman–Crippen LogP) is 1.40. The van der Waals surface area contributed by atoms with Crippen molar-refractivity contribution in [1.82, 2.24) is 26.2 Å². The number of amides is 1. The number of allylic oxidation sites excluding steroid dienone is 2. The number of carbonyl (C=O) groups excluding carboxylic acids is 1. The van der Waals surface area contributed by atoms with Gasteiger partial charge in [0, 0.05) is 37.9 Å². The third-order valence-electron chi connectivity index (χ3n) is 6.77. The van der Waals surface area contributed by atoms with Crippen LogP contribution in [0.1, 0.15) is 36.3 Å². The molecule has 3 atom stereocenters. The number of hydrogen-bond donors (Lipinski definition) is 4. The number of nitriles is 1. The maximum atomic E-state index is 12.7. The zero-order chi connectivity index (χ0) is 21.2. The van der Waals surface area contributed by atoms with Crippen molar-refractivity contribution in [3.8, 4) is 6.07 Å². The summed E-state index contributed by atoms with van der Waals surface area (Å²) >= 11 is 0. The lowest BCUT2D eigenvalue weighted by molar-refractivity contribution is -0.126. The Labute approximate surface area is 182 Å². The zero-order valence-corrected chi connectivity index (χ0v) is 17.5. The van der Waals surface area contributed by atoms with Crippen molar-refractivity contribution < 1.29 is 4.79 Å². The summed E-state index contributed by atoms with van der Waals surface area (Å²) in [5.74, 6) is 0.455. The van der Waals surface area contributed by atoms with E-state index in [0.717, 1.165) is 44.5 Å². The number of carbonyl (C=O) groups is 1. The number of rotatable bonds is 4. The number of dihydropyridines is 1. The van der Waals surface area contributed by atoms with Crippen LogP contribution in [0.15, 0.2) is 59.6 Å². The molecule has 7 nitrogen and oxygen atoms in total. The van der Waals surface area contributed by atoms with E-state index in [1.807, 2.05) is 29.3 Å². The number of benzene rings is 1. The van der Waals surface area contributed by atoms with Crippen molar-refractivity contribution in [2.45, 2.75) is 37.3 Å². The first-order valence-corrected chi connectivity index (χ1v) is 11.1. The lowest BCUT2D eigenvalue weighted by atomic mass is 9.76. The summed E-state index contributed by atoms with van der Waals surface area (Å²) in [6.07, 6.45) is 8.97. The highest BCUT2D eigenvalue weighted by molar-refractivity contribution is 5.93.